The maximum absolute atomic E-state index is 12.0. The zero-order chi connectivity index (χ0) is 18.8. The molecule has 0 saturated carbocycles. The van der Waals surface area contributed by atoms with Gasteiger partial charge in [-0.3, -0.25) is 4.68 Å². The number of ether oxygens (including phenoxy) is 1. The second-order valence-corrected chi connectivity index (χ2v) is 7.44. The highest BCUT2D eigenvalue weighted by atomic mass is 79.9. The zero-order valence-corrected chi connectivity index (χ0v) is 17.2. The summed E-state index contributed by atoms with van der Waals surface area (Å²) in [5.41, 5.74) is 3.87. The lowest BCUT2D eigenvalue weighted by molar-refractivity contribution is 0.0593. The number of aryl methyl sites for hydroxylation is 1. The van der Waals surface area contributed by atoms with Gasteiger partial charge in [0.15, 0.2) is 5.69 Å². The van der Waals surface area contributed by atoms with Gasteiger partial charge in [-0.05, 0) is 42.3 Å². The molecule has 0 saturated heterocycles. The molecule has 0 spiro atoms. The highest BCUT2D eigenvalue weighted by Gasteiger charge is 2.18. The van der Waals surface area contributed by atoms with Crippen molar-refractivity contribution in [3.63, 3.8) is 0 Å². The van der Waals surface area contributed by atoms with Gasteiger partial charge in [0.25, 0.3) is 0 Å². The first kappa shape index (κ1) is 19.0. The van der Waals surface area contributed by atoms with Gasteiger partial charge in [-0.25, -0.2) is 4.79 Å². The van der Waals surface area contributed by atoms with E-state index in [0.717, 1.165) is 26.9 Å². The Morgan fingerprint density at radius 3 is 2.69 bits per heavy atom. The predicted octanol–water partition coefficient (Wildman–Crippen LogP) is 5.76. The minimum atomic E-state index is -0.489. The number of methoxy groups -OCH3 is 1. The van der Waals surface area contributed by atoms with Crippen molar-refractivity contribution < 1.29 is 9.53 Å². The summed E-state index contributed by atoms with van der Waals surface area (Å²) in [6, 6.07) is 13.1. The van der Waals surface area contributed by atoms with E-state index in [0.29, 0.717) is 16.6 Å². The van der Waals surface area contributed by atoms with Crippen LogP contribution in [0.5, 0.6) is 0 Å². The average molecular weight is 454 g/mol. The van der Waals surface area contributed by atoms with Gasteiger partial charge in [-0.2, -0.15) is 5.10 Å². The molecule has 0 aliphatic heterocycles. The lowest BCUT2D eigenvalue weighted by Gasteiger charge is -2.12. The van der Waals surface area contributed by atoms with Gasteiger partial charge < -0.3 is 4.74 Å². The molecule has 134 valence electrons. The van der Waals surface area contributed by atoms with Gasteiger partial charge in [0.1, 0.15) is 0 Å². The smallest absolute Gasteiger partial charge is 0.358 e. The molecule has 26 heavy (non-hydrogen) atoms. The van der Waals surface area contributed by atoms with Crippen LogP contribution >= 0.6 is 39.1 Å². The molecule has 0 aliphatic rings. The standard InChI is InChI=1S/C19H15BrCl2N2O2/c1-11-8-13(20)6-7-14(11)17-9-16(19(25)26-2)23-24(17)10-12-4-3-5-15(21)18(12)22/h3-9H,10H2,1-2H3. The van der Waals surface area contributed by atoms with Crippen LogP contribution in [0.2, 0.25) is 10.0 Å². The highest BCUT2D eigenvalue weighted by molar-refractivity contribution is 9.10. The summed E-state index contributed by atoms with van der Waals surface area (Å²) in [5, 5.41) is 5.37. The summed E-state index contributed by atoms with van der Waals surface area (Å²) in [6.45, 7) is 2.38. The number of aromatic nitrogens is 2. The maximum Gasteiger partial charge on any atom is 0.358 e. The lowest BCUT2D eigenvalue weighted by atomic mass is 10.1. The van der Waals surface area contributed by atoms with Crippen LogP contribution in [0.25, 0.3) is 11.3 Å². The number of hydrogen-bond acceptors (Lipinski definition) is 3. The van der Waals surface area contributed by atoms with Gasteiger partial charge in [-0.1, -0.05) is 57.3 Å². The fourth-order valence-electron chi connectivity index (χ4n) is 2.70. The zero-order valence-electron chi connectivity index (χ0n) is 14.1. The average Bonchev–Trinajstić information content (AvgIpc) is 3.02. The van der Waals surface area contributed by atoms with E-state index in [2.05, 4.69) is 21.0 Å². The van der Waals surface area contributed by atoms with Crippen molar-refractivity contribution in [2.24, 2.45) is 0 Å². The molecular weight excluding hydrogens is 439 g/mol. The van der Waals surface area contributed by atoms with Crippen LogP contribution < -0.4 is 0 Å². The first-order valence-corrected chi connectivity index (χ1v) is 9.31. The second-order valence-electron chi connectivity index (χ2n) is 5.74. The number of halogens is 3. The molecule has 4 nitrogen and oxygen atoms in total. The third kappa shape index (κ3) is 3.80. The van der Waals surface area contributed by atoms with Crippen molar-refractivity contribution in [2.75, 3.05) is 7.11 Å². The largest absolute Gasteiger partial charge is 0.464 e. The summed E-state index contributed by atoms with van der Waals surface area (Å²) in [5.74, 6) is -0.489. The first-order valence-electron chi connectivity index (χ1n) is 7.76. The molecule has 7 heteroatoms. The lowest BCUT2D eigenvalue weighted by Crippen LogP contribution is -2.07. The Labute approximate surface area is 169 Å². The third-order valence-corrected chi connectivity index (χ3v) is 5.34. The predicted molar refractivity (Wildman–Crippen MR) is 107 cm³/mol. The molecule has 3 aromatic rings. The molecule has 3 rings (SSSR count). The number of esters is 1. The molecular formula is C19H15BrCl2N2O2. The van der Waals surface area contributed by atoms with E-state index in [9.17, 15) is 4.79 Å². The summed E-state index contributed by atoms with van der Waals surface area (Å²) in [7, 11) is 1.33. The molecule has 1 heterocycles. The number of rotatable bonds is 4. The molecule has 2 aromatic carbocycles. The third-order valence-electron chi connectivity index (χ3n) is 3.99. The van der Waals surface area contributed by atoms with Gasteiger partial charge in [0, 0.05) is 10.0 Å². The number of benzene rings is 2. The van der Waals surface area contributed by atoms with E-state index in [1.807, 2.05) is 37.3 Å². The van der Waals surface area contributed by atoms with Crippen molar-refractivity contribution in [3.8, 4) is 11.3 Å². The number of hydrogen-bond donors (Lipinski definition) is 0. The van der Waals surface area contributed by atoms with E-state index in [4.69, 9.17) is 27.9 Å². The van der Waals surface area contributed by atoms with E-state index in [1.165, 1.54) is 7.11 Å². The Bertz CT molecular complexity index is 986. The molecule has 0 bridgehead atoms. The Kier molecular flexibility index (Phi) is 5.70. The molecule has 0 radical (unpaired) electrons. The van der Waals surface area contributed by atoms with Crippen molar-refractivity contribution in [1.82, 2.24) is 9.78 Å². The van der Waals surface area contributed by atoms with Crippen molar-refractivity contribution >= 4 is 45.1 Å². The van der Waals surface area contributed by atoms with Crippen molar-refractivity contribution in [2.45, 2.75) is 13.5 Å². The van der Waals surface area contributed by atoms with Crippen LogP contribution in [0.3, 0.4) is 0 Å². The van der Waals surface area contributed by atoms with Gasteiger partial charge in [-0.15, -0.1) is 0 Å². The minimum Gasteiger partial charge on any atom is -0.464 e. The minimum absolute atomic E-state index is 0.239. The Morgan fingerprint density at radius 1 is 1.23 bits per heavy atom. The van der Waals surface area contributed by atoms with E-state index >= 15 is 0 Å². The Morgan fingerprint density at radius 2 is 2.00 bits per heavy atom. The number of carbonyl (C=O) groups is 1. The van der Waals surface area contributed by atoms with Gasteiger partial charge in [0.05, 0.1) is 29.4 Å². The molecule has 0 atom stereocenters. The number of nitrogens with zero attached hydrogens (tertiary/aromatic N) is 2. The van der Waals surface area contributed by atoms with Crippen molar-refractivity contribution in [3.05, 3.63) is 73.8 Å². The fourth-order valence-corrected chi connectivity index (χ4v) is 3.56. The molecule has 0 unspecified atom stereocenters. The van der Waals surface area contributed by atoms with Crippen LogP contribution in [0, 0.1) is 6.92 Å². The Hall–Kier alpha value is -1.82. The van der Waals surface area contributed by atoms with Crippen LogP contribution in [0.4, 0.5) is 0 Å². The maximum atomic E-state index is 12.0. The fraction of sp³-hybridized carbons (Fsp3) is 0.158. The summed E-state index contributed by atoms with van der Waals surface area (Å²) < 4.78 is 7.53. The van der Waals surface area contributed by atoms with E-state index in [1.54, 1.807) is 16.8 Å². The molecule has 0 aliphatic carbocycles. The summed E-state index contributed by atoms with van der Waals surface area (Å²) in [4.78, 5) is 12.0. The highest BCUT2D eigenvalue weighted by Crippen LogP contribution is 2.30. The van der Waals surface area contributed by atoms with E-state index in [-0.39, 0.29) is 5.69 Å². The molecule has 0 N–H and O–H groups in total. The number of carbonyl (C=O) groups excluding carboxylic acids is 1. The first-order chi connectivity index (χ1) is 12.4. The SMILES string of the molecule is COC(=O)c1cc(-c2ccc(Br)cc2C)n(Cc2cccc(Cl)c2Cl)n1. The quantitative estimate of drug-likeness (QED) is 0.471. The van der Waals surface area contributed by atoms with Crippen LogP contribution in [-0.4, -0.2) is 22.9 Å². The summed E-state index contributed by atoms with van der Waals surface area (Å²) >= 11 is 15.9. The van der Waals surface area contributed by atoms with Gasteiger partial charge >= 0.3 is 5.97 Å². The van der Waals surface area contributed by atoms with E-state index < -0.39 is 5.97 Å². The Balaban J connectivity index is 2.12. The topological polar surface area (TPSA) is 44.1 Å². The second kappa shape index (κ2) is 7.82. The normalized spacial score (nSPS) is 10.8. The van der Waals surface area contributed by atoms with Gasteiger partial charge in [0.2, 0.25) is 0 Å². The van der Waals surface area contributed by atoms with Crippen LogP contribution in [-0.2, 0) is 11.3 Å². The van der Waals surface area contributed by atoms with Crippen molar-refractivity contribution in [1.29, 1.82) is 0 Å². The summed E-state index contributed by atoms with van der Waals surface area (Å²) in [6.07, 6.45) is 0. The molecule has 0 fully saturated rings. The monoisotopic (exact) mass is 452 g/mol. The molecule has 1 aromatic heterocycles. The van der Waals surface area contributed by atoms with Crippen LogP contribution in [0.1, 0.15) is 21.6 Å². The van der Waals surface area contributed by atoms with Crippen LogP contribution in [0.15, 0.2) is 46.9 Å². The molecule has 0 amide bonds.